The molecule has 0 saturated heterocycles. The Kier molecular flexibility index (Phi) is 4.63. The number of hydrogen-bond acceptors (Lipinski definition) is 3. The highest BCUT2D eigenvalue weighted by Crippen LogP contribution is 2.21. The second kappa shape index (κ2) is 7.40. The molecule has 28 heavy (non-hydrogen) atoms. The van der Waals surface area contributed by atoms with Gasteiger partial charge in [-0.2, -0.15) is 0 Å². The summed E-state index contributed by atoms with van der Waals surface area (Å²) in [6.07, 6.45) is 0. The summed E-state index contributed by atoms with van der Waals surface area (Å²) in [4.78, 5) is 16.9. The number of carbonyl (C=O) groups excluding carboxylic acids is 1. The quantitative estimate of drug-likeness (QED) is 0.572. The molecule has 0 saturated carbocycles. The largest absolute Gasteiger partial charge is 0.319 e. The van der Waals surface area contributed by atoms with Gasteiger partial charge in [-0.3, -0.25) is 4.79 Å². The third-order valence-corrected chi connectivity index (χ3v) is 4.02. The number of para-hydroxylation sites is 1. The summed E-state index contributed by atoms with van der Waals surface area (Å²) in [6.45, 7) is 0. The molecule has 0 bridgehead atoms. The molecule has 0 atom stereocenters. The van der Waals surface area contributed by atoms with Crippen LogP contribution in [0.25, 0.3) is 17.1 Å². The number of aromatic nitrogens is 3. The molecule has 138 valence electrons. The average molecular weight is 376 g/mol. The van der Waals surface area contributed by atoms with Crippen molar-refractivity contribution in [3.05, 3.63) is 96.3 Å². The number of nitrogens with zero attached hydrogens (tertiary/aromatic N) is 3. The molecule has 1 amide bonds. The fourth-order valence-corrected chi connectivity index (χ4v) is 2.69. The second-order valence-corrected chi connectivity index (χ2v) is 5.96. The van der Waals surface area contributed by atoms with Crippen LogP contribution < -0.4 is 5.32 Å². The lowest BCUT2D eigenvalue weighted by atomic mass is 10.2. The topological polar surface area (TPSA) is 59.8 Å². The molecule has 0 aliphatic heterocycles. The van der Waals surface area contributed by atoms with Crippen molar-refractivity contribution < 1.29 is 13.6 Å². The van der Waals surface area contributed by atoms with E-state index in [0.717, 1.165) is 23.4 Å². The van der Waals surface area contributed by atoms with Gasteiger partial charge in [-0.15, -0.1) is 5.10 Å². The van der Waals surface area contributed by atoms with E-state index in [2.05, 4.69) is 15.4 Å². The van der Waals surface area contributed by atoms with E-state index in [1.807, 2.05) is 60.7 Å². The van der Waals surface area contributed by atoms with Crippen molar-refractivity contribution in [2.45, 2.75) is 0 Å². The SMILES string of the molecule is O=C(Nc1ccc(F)c(F)c1)c1nc(-c2ccccc2)n(-c2ccccc2)n1. The van der Waals surface area contributed by atoms with Gasteiger partial charge in [0.2, 0.25) is 5.82 Å². The first-order valence-electron chi connectivity index (χ1n) is 8.46. The van der Waals surface area contributed by atoms with Crippen molar-refractivity contribution in [1.82, 2.24) is 14.8 Å². The van der Waals surface area contributed by atoms with E-state index in [1.165, 1.54) is 6.07 Å². The minimum atomic E-state index is -1.05. The Balaban J connectivity index is 1.72. The Hall–Kier alpha value is -3.87. The lowest BCUT2D eigenvalue weighted by Crippen LogP contribution is -2.14. The zero-order valence-electron chi connectivity index (χ0n) is 14.5. The molecule has 1 aromatic heterocycles. The lowest BCUT2D eigenvalue weighted by molar-refractivity contribution is 0.101. The van der Waals surface area contributed by atoms with Crippen molar-refractivity contribution in [2.75, 3.05) is 5.32 Å². The van der Waals surface area contributed by atoms with Gasteiger partial charge in [0.25, 0.3) is 5.91 Å². The molecule has 7 heteroatoms. The number of rotatable bonds is 4. The molecule has 3 aromatic carbocycles. The smallest absolute Gasteiger partial charge is 0.295 e. The molecule has 1 N–H and O–H groups in total. The van der Waals surface area contributed by atoms with Crippen LogP contribution >= 0.6 is 0 Å². The molecule has 0 aliphatic rings. The van der Waals surface area contributed by atoms with E-state index >= 15 is 0 Å². The number of hydrogen-bond donors (Lipinski definition) is 1. The first-order valence-corrected chi connectivity index (χ1v) is 8.46. The summed E-state index contributed by atoms with van der Waals surface area (Å²) in [5.41, 5.74) is 1.63. The van der Waals surface area contributed by atoms with Crippen molar-refractivity contribution >= 4 is 11.6 Å². The number of halogens is 2. The fourth-order valence-electron chi connectivity index (χ4n) is 2.69. The fraction of sp³-hybridized carbons (Fsp3) is 0. The van der Waals surface area contributed by atoms with Crippen LogP contribution in [0.2, 0.25) is 0 Å². The summed E-state index contributed by atoms with van der Waals surface area (Å²) < 4.78 is 28.0. The molecule has 1 heterocycles. The van der Waals surface area contributed by atoms with E-state index in [9.17, 15) is 13.6 Å². The van der Waals surface area contributed by atoms with Gasteiger partial charge in [0.05, 0.1) is 5.69 Å². The van der Waals surface area contributed by atoms with Gasteiger partial charge in [-0.25, -0.2) is 18.4 Å². The van der Waals surface area contributed by atoms with Crippen molar-refractivity contribution in [3.63, 3.8) is 0 Å². The van der Waals surface area contributed by atoms with E-state index in [1.54, 1.807) is 4.68 Å². The van der Waals surface area contributed by atoms with Gasteiger partial charge in [-0.05, 0) is 24.3 Å². The van der Waals surface area contributed by atoms with Gasteiger partial charge < -0.3 is 5.32 Å². The number of amides is 1. The maximum Gasteiger partial charge on any atom is 0.295 e. The summed E-state index contributed by atoms with van der Waals surface area (Å²) in [5.74, 6) is -2.27. The van der Waals surface area contributed by atoms with E-state index in [-0.39, 0.29) is 11.5 Å². The highest BCUT2D eigenvalue weighted by Gasteiger charge is 2.19. The average Bonchev–Trinajstić information content (AvgIpc) is 3.18. The van der Waals surface area contributed by atoms with E-state index in [4.69, 9.17) is 0 Å². The third kappa shape index (κ3) is 3.50. The molecule has 0 radical (unpaired) electrons. The molecule has 4 aromatic rings. The zero-order valence-corrected chi connectivity index (χ0v) is 14.5. The second-order valence-electron chi connectivity index (χ2n) is 5.96. The first-order chi connectivity index (χ1) is 13.6. The maximum absolute atomic E-state index is 13.4. The number of benzene rings is 3. The van der Waals surface area contributed by atoms with Gasteiger partial charge in [0, 0.05) is 17.3 Å². The summed E-state index contributed by atoms with van der Waals surface area (Å²) in [6, 6.07) is 21.7. The van der Waals surface area contributed by atoms with Gasteiger partial charge in [0.1, 0.15) is 0 Å². The Labute approximate surface area is 159 Å². The molecule has 0 spiro atoms. The molecule has 5 nitrogen and oxygen atoms in total. The normalized spacial score (nSPS) is 10.6. The first kappa shape index (κ1) is 17.5. The van der Waals surface area contributed by atoms with Crippen LogP contribution in [0, 0.1) is 11.6 Å². The van der Waals surface area contributed by atoms with Crippen LogP contribution in [0.5, 0.6) is 0 Å². The number of anilines is 1. The predicted molar refractivity (Wildman–Crippen MR) is 101 cm³/mol. The molecule has 0 aliphatic carbocycles. The standard InChI is InChI=1S/C21H14F2N4O/c22-17-12-11-15(13-18(17)23)24-21(28)19-25-20(14-7-3-1-4-8-14)27(26-19)16-9-5-2-6-10-16/h1-13H,(H,24,28). The highest BCUT2D eigenvalue weighted by molar-refractivity contribution is 6.01. The predicted octanol–water partition coefficient (Wildman–Crippen LogP) is 4.46. The molecule has 4 rings (SSSR count). The highest BCUT2D eigenvalue weighted by atomic mass is 19.2. The lowest BCUT2D eigenvalue weighted by Gasteiger charge is -2.05. The van der Waals surface area contributed by atoms with Crippen LogP contribution in [-0.4, -0.2) is 20.7 Å². The maximum atomic E-state index is 13.4. The Morgan fingerprint density at radius 2 is 1.54 bits per heavy atom. The Bertz CT molecular complexity index is 1070. The van der Waals surface area contributed by atoms with Crippen molar-refractivity contribution in [1.29, 1.82) is 0 Å². The van der Waals surface area contributed by atoms with Gasteiger partial charge in [-0.1, -0.05) is 48.5 Å². The zero-order chi connectivity index (χ0) is 19.5. The van der Waals surface area contributed by atoms with E-state index < -0.39 is 17.5 Å². The van der Waals surface area contributed by atoms with E-state index in [0.29, 0.717) is 5.82 Å². The van der Waals surface area contributed by atoms with Crippen LogP contribution in [0.3, 0.4) is 0 Å². The van der Waals surface area contributed by atoms with Crippen LogP contribution in [0.4, 0.5) is 14.5 Å². The number of carbonyl (C=O) groups is 1. The van der Waals surface area contributed by atoms with Gasteiger partial charge in [0.15, 0.2) is 17.5 Å². The number of nitrogens with one attached hydrogen (secondary N) is 1. The van der Waals surface area contributed by atoms with Crippen molar-refractivity contribution in [2.24, 2.45) is 0 Å². The minimum Gasteiger partial charge on any atom is -0.319 e. The third-order valence-electron chi connectivity index (χ3n) is 4.02. The monoisotopic (exact) mass is 376 g/mol. The van der Waals surface area contributed by atoms with Crippen LogP contribution in [0.15, 0.2) is 78.9 Å². The van der Waals surface area contributed by atoms with Crippen molar-refractivity contribution in [3.8, 4) is 17.1 Å². The summed E-state index contributed by atoms with van der Waals surface area (Å²) in [5, 5.41) is 6.80. The Morgan fingerprint density at radius 1 is 0.857 bits per heavy atom. The molecular weight excluding hydrogens is 362 g/mol. The van der Waals surface area contributed by atoms with Crippen LogP contribution in [-0.2, 0) is 0 Å². The van der Waals surface area contributed by atoms with Crippen LogP contribution in [0.1, 0.15) is 10.6 Å². The molecule has 0 fully saturated rings. The molecular formula is C21H14F2N4O. The minimum absolute atomic E-state index is 0.0903. The Morgan fingerprint density at radius 3 is 2.21 bits per heavy atom. The molecule has 0 unspecified atom stereocenters. The summed E-state index contributed by atoms with van der Waals surface area (Å²) >= 11 is 0. The summed E-state index contributed by atoms with van der Waals surface area (Å²) in [7, 11) is 0. The van der Waals surface area contributed by atoms with Gasteiger partial charge >= 0.3 is 0 Å².